The second-order valence-corrected chi connectivity index (χ2v) is 7.13. The molecule has 2 atom stereocenters. The zero-order valence-corrected chi connectivity index (χ0v) is 13.0. The molecule has 1 aliphatic heterocycles. The summed E-state index contributed by atoms with van der Waals surface area (Å²) in [4.78, 5) is 0. The molecule has 1 nitrogen and oxygen atoms in total. The van der Waals surface area contributed by atoms with Gasteiger partial charge >= 0.3 is 0 Å². The minimum atomic E-state index is 0.339. The molecule has 1 aliphatic carbocycles. The first kappa shape index (κ1) is 14.1. The maximum Gasteiger partial charge on any atom is 0.0825 e. The monoisotopic (exact) mass is 272 g/mol. The van der Waals surface area contributed by atoms with Crippen molar-refractivity contribution >= 4 is 0 Å². The van der Waals surface area contributed by atoms with Gasteiger partial charge in [-0.1, -0.05) is 51.0 Å². The van der Waals surface area contributed by atoms with Crippen molar-refractivity contribution in [1.29, 1.82) is 0 Å². The number of hydrogen-bond donors (Lipinski definition) is 0. The fraction of sp³-hybridized carbons (Fsp3) is 0.684. The summed E-state index contributed by atoms with van der Waals surface area (Å²) in [5, 5.41) is 0. The van der Waals surface area contributed by atoms with Crippen LogP contribution < -0.4 is 0 Å². The van der Waals surface area contributed by atoms with Crippen LogP contribution in [0.3, 0.4) is 0 Å². The van der Waals surface area contributed by atoms with E-state index in [1.54, 1.807) is 5.56 Å². The summed E-state index contributed by atoms with van der Waals surface area (Å²) >= 11 is 0. The van der Waals surface area contributed by atoms with Crippen molar-refractivity contribution in [1.82, 2.24) is 0 Å². The van der Waals surface area contributed by atoms with E-state index in [1.807, 2.05) is 0 Å². The van der Waals surface area contributed by atoms with Gasteiger partial charge in [-0.25, -0.2) is 0 Å². The standard InChI is InChI=1S/C19H28O/c1-14-3-6-16(7-4-14)17-8-10-18(11-9-17)19-12-5-15(2)13-20-19/h8-11,14-16,19H,3-7,12-13H2,1-2H3. The highest BCUT2D eigenvalue weighted by Gasteiger charge is 2.22. The Hall–Kier alpha value is -0.820. The number of ether oxygens (including phenoxy) is 1. The molecule has 2 aliphatic rings. The van der Waals surface area contributed by atoms with E-state index in [1.165, 1.54) is 44.1 Å². The molecule has 110 valence electrons. The molecule has 0 amide bonds. The molecular formula is C19H28O. The lowest BCUT2D eigenvalue weighted by Crippen LogP contribution is -2.18. The Labute approximate surface area is 123 Å². The summed E-state index contributed by atoms with van der Waals surface area (Å²) < 4.78 is 5.98. The van der Waals surface area contributed by atoms with Crippen LogP contribution in [-0.2, 0) is 4.74 Å². The summed E-state index contributed by atoms with van der Waals surface area (Å²) in [6.45, 7) is 5.59. The van der Waals surface area contributed by atoms with Gasteiger partial charge in [0.25, 0.3) is 0 Å². The maximum absolute atomic E-state index is 5.98. The Morgan fingerprint density at radius 3 is 1.95 bits per heavy atom. The van der Waals surface area contributed by atoms with E-state index in [2.05, 4.69) is 38.1 Å². The smallest absolute Gasteiger partial charge is 0.0825 e. The lowest BCUT2D eigenvalue weighted by molar-refractivity contribution is -0.0123. The van der Waals surface area contributed by atoms with Crippen LogP contribution in [0.5, 0.6) is 0 Å². The van der Waals surface area contributed by atoms with E-state index in [9.17, 15) is 0 Å². The molecule has 2 unspecified atom stereocenters. The molecule has 3 rings (SSSR count). The lowest BCUT2D eigenvalue weighted by atomic mass is 9.79. The summed E-state index contributed by atoms with van der Waals surface area (Å²) in [6, 6.07) is 9.34. The first-order valence-corrected chi connectivity index (χ1v) is 8.44. The SMILES string of the molecule is CC1CCC(c2ccc(C3CCC(C)CO3)cc2)CC1. The topological polar surface area (TPSA) is 9.23 Å². The molecule has 0 radical (unpaired) electrons. The van der Waals surface area contributed by atoms with Gasteiger partial charge in [-0.15, -0.1) is 0 Å². The van der Waals surface area contributed by atoms with Crippen LogP contribution in [0.15, 0.2) is 24.3 Å². The third-order valence-electron chi connectivity index (χ3n) is 5.30. The minimum Gasteiger partial charge on any atom is -0.373 e. The molecule has 0 bridgehead atoms. The van der Waals surface area contributed by atoms with E-state index in [0.717, 1.165) is 24.4 Å². The third kappa shape index (κ3) is 3.25. The largest absolute Gasteiger partial charge is 0.373 e. The molecule has 1 saturated heterocycles. The molecule has 0 aromatic heterocycles. The second-order valence-electron chi connectivity index (χ2n) is 7.13. The summed E-state index contributed by atoms with van der Waals surface area (Å²) in [5.74, 6) is 2.46. The summed E-state index contributed by atoms with van der Waals surface area (Å²) in [6.07, 6.45) is 8.36. The van der Waals surface area contributed by atoms with Gasteiger partial charge in [-0.05, 0) is 54.6 Å². The highest BCUT2D eigenvalue weighted by atomic mass is 16.5. The average Bonchev–Trinajstić information content (AvgIpc) is 2.49. The summed E-state index contributed by atoms with van der Waals surface area (Å²) in [5.41, 5.74) is 2.93. The molecule has 0 N–H and O–H groups in total. The fourth-order valence-corrected chi connectivity index (χ4v) is 3.72. The molecular weight excluding hydrogens is 244 g/mol. The van der Waals surface area contributed by atoms with Gasteiger partial charge in [-0.3, -0.25) is 0 Å². The van der Waals surface area contributed by atoms with E-state index in [4.69, 9.17) is 4.74 Å². The second kappa shape index (κ2) is 6.30. The minimum absolute atomic E-state index is 0.339. The van der Waals surface area contributed by atoms with Crippen LogP contribution in [0, 0.1) is 11.8 Å². The van der Waals surface area contributed by atoms with Crippen molar-refractivity contribution in [2.24, 2.45) is 11.8 Å². The van der Waals surface area contributed by atoms with Crippen LogP contribution in [0.2, 0.25) is 0 Å². The van der Waals surface area contributed by atoms with Crippen LogP contribution in [-0.4, -0.2) is 6.61 Å². The molecule has 1 aromatic carbocycles. The Kier molecular flexibility index (Phi) is 4.45. The number of rotatable bonds is 2. The first-order valence-electron chi connectivity index (χ1n) is 8.44. The lowest BCUT2D eigenvalue weighted by Gasteiger charge is -2.28. The Balaban J connectivity index is 1.62. The molecule has 1 heteroatoms. The average molecular weight is 272 g/mol. The normalized spacial score (nSPS) is 34.9. The van der Waals surface area contributed by atoms with Gasteiger partial charge in [-0.2, -0.15) is 0 Å². The Morgan fingerprint density at radius 1 is 0.750 bits per heavy atom. The first-order chi connectivity index (χ1) is 9.72. The molecule has 1 saturated carbocycles. The zero-order chi connectivity index (χ0) is 13.9. The van der Waals surface area contributed by atoms with E-state index < -0.39 is 0 Å². The van der Waals surface area contributed by atoms with Crippen LogP contribution in [0.25, 0.3) is 0 Å². The van der Waals surface area contributed by atoms with Gasteiger partial charge in [0.2, 0.25) is 0 Å². The summed E-state index contributed by atoms with van der Waals surface area (Å²) in [7, 11) is 0. The van der Waals surface area contributed by atoms with Crippen molar-refractivity contribution in [2.45, 2.75) is 64.4 Å². The molecule has 0 spiro atoms. The maximum atomic E-state index is 5.98. The van der Waals surface area contributed by atoms with E-state index in [0.29, 0.717) is 6.10 Å². The van der Waals surface area contributed by atoms with E-state index in [-0.39, 0.29) is 0 Å². The Bertz CT molecular complexity index is 365. The van der Waals surface area contributed by atoms with Gasteiger partial charge in [0, 0.05) is 6.61 Å². The molecule has 1 aromatic rings. The van der Waals surface area contributed by atoms with Gasteiger partial charge in [0.05, 0.1) is 6.10 Å². The Morgan fingerprint density at radius 2 is 1.35 bits per heavy atom. The van der Waals surface area contributed by atoms with Crippen molar-refractivity contribution in [3.05, 3.63) is 35.4 Å². The predicted molar refractivity (Wildman–Crippen MR) is 83.9 cm³/mol. The predicted octanol–water partition coefficient (Wildman–Crippen LogP) is 5.47. The van der Waals surface area contributed by atoms with Crippen molar-refractivity contribution in [3.8, 4) is 0 Å². The van der Waals surface area contributed by atoms with Gasteiger partial charge < -0.3 is 4.74 Å². The van der Waals surface area contributed by atoms with Gasteiger partial charge in [0.15, 0.2) is 0 Å². The fourth-order valence-electron chi connectivity index (χ4n) is 3.72. The highest BCUT2D eigenvalue weighted by molar-refractivity contribution is 5.27. The third-order valence-corrected chi connectivity index (χ3v) is 5.30. The molecule has 20 heavy (non-hydrogen) atoms. The quantitative estimate of drug-likeness (QED) is 0.694. The highest BCUT2D eigenvalue weighted by Crippen LogP contribution is 2.36. The van der Waals surface area contributed by atoms with Crippen molar-refractivity contribution < 1.29 is 4.74 Å². The molecule has 2 fully saturated rings. The van der Waals surface area contributed by atoms with Gasteiger partial charge in [0.1, 0.15) is 0 Å². The zero-order valence-electron chi connectivity index (χ0n) is 13.0. The van der Waals surface area contributed by atoms with Crippen LogP contribution in [0.1, 0.15) is 75.5 Å². The van der Waals surface area contributed by atoms with Crippen molar-refractivity contribution in [2.75, 3.05) is 6.61 Å². The van der Waals surface area contributed by atoms with Crippen LogP contribution >= 0.6 is 0 Å². The van der Waals surface area contributed by atoms with Crippen LogP contribution in [0.4, 0.5) is 0 Å². The number of hydrogen-bond acceptors (Lipinski definition) is 1. The number of benzene rings is 1. The van der Waals surface area contributed by atoms with E-state index >= 15 is 0 Å². The molecule has 1 heterocycles. The van der Waals surface area contributed by atoms with Crippen molar-refractivity contribution in [3.63, 3.8) is 0 Å².